The van der Waals surface area contributed by atoms with Crippen LogP contribution in [0, 0.1) is 0 Å². The molecule has 2 atom stereocenters. The highest BCUT2D eigenvalue weighted by atomic mass is 16.2. The Labute approximate surface area is 124 Å². The van der Waals surface area contributed by atoms with Crippen LogP contribution in [0.15, 0.2) is 66.9 Å². The van der Waals surface area contributed by atoms with Crippen LogP contribution in [0.4, 0.5) is 0 Å². The van der Waals surface area contributed by atoms with Gasteiger partial charge in [-0.25, -0.2) is 0 Å². The quantitative estimate of drug-likeness (QED) is 0.816. The number of allylic oxidation sites excluding steroid dienone is 1. The normalized spacial score (nSPS) is 22.2. The fraction of sp³-hybridized carbons (Fsp3) is 0.211. The summed E-state index contributed by atoms with van der Waals surface area (Å²) in [5.41, 5.74) is 3.77. The standard InChI is InChI=1S/C19H17NO/c21-19(12-14-6-2-1-3-7-14)20-11-10-15-13-18(20)17-9-5-4-8-16(15)17/h1-11,15,18H,12-13H2. The smallest absolute Gasteiger partial charge is 0.231 e. The average molecular weight is 275 g/mol. The number of rotatable bonds is 2. The number of benzene rings is 2. The molecule has 0 N–H and O–H groups in total. The van der Waals surface area contributed by atoms with Gasteiger partial charge < -0.3 is 4.90 Å². The van der Waals surface area contributed by atoms with E-state index >= 15 is 0 Å². The zero-order valence-corrected chi connectivity index (χ0v) is 11.8. The van der Waals surface area contributed by atoms with Gasteiger partial charge in [0.15, 0.2) is 0 Å². The Kier molecular flexibility index (Phi) is 2.88. The Bertz CT molecular complexity index is 705. The van der Waals surface area contributed by atoms with Crippen molar-refractivity contribution in [1.82, 2.24) is 4.90 Å². The lowest BCUT2D eigenvalue weighted by atomic mass is 10.0. The van der Waals surface area contributed by atoms with Crippen molar-refractivity contribution in [3.8, 4) is 0 Å². The summed E-state index contributed by atoms with van der Waals surface area (Å²) < 4.78 is 0. The van der Waals surface area contributed by atoms with Gasteiger partial charge >= 0.3 is 0 Å². The van der Waals surface area contributed by atoms with Crippen molar-refractivity contribution in [2.75, 3.05) is 0 Å². The maximum absolute atomic E-state index is 12.6. The van der Waals surface area contributed by atoms with Crippen LogP contribution < -0.4 is 0 Å². The Morgan fingerprint density at radius 1 is 1.00 bits per heavy atom. The Hall–Kier alpha value is -2.35. The maximum Gasteiger partial charge on any atom is 0.231 e. The van der Waals surface area contributed by atoms with Crippen LogP contribution in [0.25, 0.3) is 0 Å². The molecule has 2 aromatic carbocycles. The maximum atomic E-state index is 12.6. The summed E-state index contributed by atoms with van der Waals surface area (Å²) in [6, 6.07) is 18.7. The third-order valence-electron chi connectivity index (χ3n) is 4.53. The molecule has 2 aromatic rings. The van der Waals surface area contributed by atoms with Gasteiger partial charge in [-0.3, -0.25) is 4.79 Å². The van der Waals surface area contributed by atoms with Crippen LogP contribution in [0.3, 0.4) is 0 Å². The summed E-state index contributed by atoms with van der Waals surface area (Å²) in [4.78, 5) is 14.6. The highest BCUT2D eigenvalue weighted by Gasteiger charge is 2.37. The number of amides is 1. The zero-order chi connectivity index (χ0) is 14.2. The summed E-state index contributed by atoms with van der Waals surface area (Å²) in [6.45, 7) is 0. The minimum Gasteiger partial charge on any atom is -0.312 e. The highest BCUT2D eigenvalue weighted by molar-refractivity contribution is 5.81. The van der Waals surface area contributed by atoms with Gasteiger partial charge in [0.05, 0.1) is 12.5 Å². The van der Waals surface area contributed by atoms with Crippen LogP contribution >= 0.6 is 0 Å². The first-order valence-corrected chi connectivity index (χ1v) is 7.45. The molecule has 0 saturated heterocycles. The first-order valence-electron chi connectivity index (χ1n) is 7.45. The molecule has 1 aliphatic heterocycles. The van der Waals surface area contributed by atoms with Gasteiger partial charge in [-0.1, -0.05) is 60.7 Å². The Morgan fingerprint density at radius 3 is 2.52 bits per heavy atom. The molecule has 1 amide bonds. The molecule has 0 aromatic heterocycles. The minimum atomic E-state index is 0.178. The molecule has 4 rings (SSSR count). The lowest BCUT2D eigenvalue weighted by molar-refractivity contribution is -0.130. The molecule has 104 valence electrons. The topological polar surface area (TPSA) is 20.3 Å². The minimum absolute atomic E-state index is 0.178. The SMILES string of the molecule is O=C(Cc1ccccc1)N1C=CC2CC1c1ccccc12. The predicted octanol–water partition coefficient (Wildman–Crippen LogP) is 3.81. The van der Waals surface area contributed by atoms with Crippen molar-refractivity contribution in [3.05, 3.63) is 83.6 Å². The molecule has 0 fully saturated rings. The molecule has 2 bridgehead atoms. The van der Waals surface area contributed by atoms with Gasteiger partial charge in [0.1, 0.15) is 0 Å². The van der Waals surface area contributed by atoms with Crippen LogP contribution in [-0.2, 0) is 11.2 Å². The third-order valence-corrected chi connectivity index (χ3v) is 4.53. The van der Waals surface area contributed by atoms with E-state index in [0.29, 0.717) is 12.3 Å². The zero-order valence-electron chi connectivity index (χ0n) is 11.8. The van der Waals surface area contributed by atoms with E-state index in [9.17, 15) is 4.79 Å². The largest absolute Gasteiger partial charge is 0.312 e. The average Bonchev–Trinajstić information content (AvgIpc) is 2.82. The molecule has 0 saturated carbocycles. The number of fused-ring (bicyclic) bond motifs is 5. The highest BCUT2D eigenvalue weighted by Crippen LogP contribution is 2.47. The Morgan fingerprint density at radius 2 is 1.71 bits per heavy atom. The van der Waals surface area contributed by atoms with Crippen molar-refractivity contribution in [2.45, 2.75) is 24.8 Å². The van der Waals surface area contributed by atoms with Gasteiger partial charge in [0.2, 0.25) is 5.91 Å². The fourth-order valence-electron chi connectivity index (χ4n) is 3.51. The molecule has 1 aliphatic carbocycles. The molecule has 2 unspecified atom stereocenters. The van der Waals surface area contributed by atoms with Crippen molar-refractivity contribution in [3.63, 3.8) is 0 Å². The summed E-state index contributed by atoms with van der Waals surface area (Å²) >= 11 is 0. The third kappa shape index (κ3) is 2.07. The first-order chi connectivity index (χ1) is 10.3. The van der Waals surface area contributed by atoms with Crippen LogP contribution in [-0.4, -0.2) is 10.8 Å². The van der Waals surface area contributed by atoms with Gasteiger partial charge in [-0.15, -0.1) is 0 Å². The van der Waals surface area contributed by atoms with Crippen molar-refractivity contribution < 1.29 is 4.79 Å². The van der Waals surface area contributed by atoms with Crippen LogP contribution in [0.2, 0.25) is 0 Å². The number of carbonyl (C=O) groups is 1. The van der Waals surface area contributed by atoms with E-state index in [2.05, 4.69) is 30.3 Å². The molecule has 2 nitrogen and oxygen atoms in total. The van der Waals surface area contributed by atoms with E-state index < -0.39 is 0 Å². The van der Waals surface area contributed by atoms with E-state index in [0.717, 1.165) is 12.0 Å². The summed E-state index contributed by atoms with van der Waals surface area (Å²) in [7, 11) is 0. The molecular formula is C19H17NO. The van der Waals surface area contributed by atoms with Crippen molar-refractivity contribution >= 4 is 5.91 Å². The van der Waals surface area contributed by atoms with Gasteiger partial charge in [0, 0.05) is 12.1 Å². The second kappa shape index (κ2) is 4.88. The van der Waals surface area contributed by atoms with Crippen LogP contribution in [0.5, 0.6) is 0 Å². The van der Waals surface area contributed by atoms with Crippen molar-refractivity contribution in [1.29, 1.82) is 0 Å². The summed E-state index contributed by atoms with van der Waals surface area (Å²) in [5.74, 6) is 0.657. The second-order valence-electron chi connectivity index (χ2n) is 5.79. The van der Waals surface area contributed by atoms with Crippen molar-refractivity contribution in [2.24, 2.45) is 0 Å². The van der Waals surface area contributed by atoms with Gasteiger partial charge in [-0.2, -0.15) is 0 Å². The first kappa shape index (κ1) is 12.4. The molecule has 2 aliphatic rings. The molecule has 0 spiro atoms. The monoisotopic (exact) mass is 275 g/mol. The van der Waals surface area contributed by atoms with E-state index in [1.165, 1.54) is 11.1 Å². The lowest BCUT2D eigenvalue weighted by Crippen LogP contribution is -2.32. The molecule has 2 heteroatoms. The predicted molar refractivity (Wildman–Crippen MR) is 82.7 cm³/mol. The number of hydrogen-bond donors (Lipinski definition) is 0. The van der Waals surface area contributed by atoms with Gasteiger partial charge in [0.25, 0.3) is 0 Å². The number of carbonyl (C=O) groups excluding carboxylic acids is 1. The molecular weight excluding hydrogens is 258 g/mol. The molecule has 21 heavy (non-hydrogen) atoms. The lowest BCUT2D eigenvalue weighted by Gasteiger charge is -2.29. The number of nitrogens with zero attached hydrogens (tertiary/aromatic N) is 1. The Balaban J connectivity index is 1.61. The van der Waals surface area contributed by atoms with Gasteiger partial charge in [-0.05, 0) is 23.1 Å². The number of hydrogen-bond acceptors (Lipinski definition) is 1. The summed E-state index contributed by atoms with van der Waals surface area (Å²) in [6.07, 6.45) is 5.65. The fourth-order valence-corrected chi connectivity index (χ4v) is 3.51. The van der Waals surface area contributed by atoms with E-state index in [-0.39, 0.29) is 11.9 Å². The second-order valence-corrected chi connectivity index (χ2v) is 5.79. The summed E-state index contributed by atoms with van der Waals surface area (Å²) in [5, 5.41) is 0. The van der Waals surface area contributed by atoms with E-state index in [1.54, 1.807) is 0 Å². The molecule has 0 radical (unpaired) electrons. The van der Waals surface area contributed by atoms with Crippen LogP contribution in [0.1, 0.15) is 35.1 Å². The molecule has 1 heterocycles. The van der Waals surface area contributed by atoms with E-state index in [1.807, 2.05) is 41.4 Å². The van der Waals surface area contributed by atoms with E-state index in [4.69, 9.17) is 0 Å².